The number of hydrogen-bond acceptors (Lipinski definition) is 3. The summed E-state index contributed by atoms with van der Waals surface area (Å²) in [6.07, 6.45) is 2.43. The van der Waals surface area contributed by atoms with Gasteiger partial charge in [-0.05, 0) is 53.0 Å². The predicted molar refractivity (Wildman–Crippen MR) is 85.2 cm³/mol. The fourth-order valence-corrected chi connectivity index (χ4v) is 2.20. The summed E-state index contributed by atoms with van der Waals surface area (Å²) in [6.45, 7) is 11.0. The van der Waals surface area contributed by atoms with Gasteiger partial charge in [-0.25, -0.2) is 0 Å². The van der Waals surface area contributed by atoms with E-state index in [9.17, 15) is 4.79 Å². The Hall–Kier alpha value is -0.0300. The molecule has 3 N–H and O–H groups in total. The summed E-state index contributed by atoms with van der Waals surface area (Å²) in [5.74, 6) is 0.511. The number of amides is 1. The van der Waals surface area contributed by atoms with Crippen molar-refractivity contribution in [2.45, 2.75) is 52.1 Å². The van der Waals surface area contributed by atoms with E-state index in [0.717, 1.165) is 13.1 Å². The molecule has 0 aromatic rings. The molecule has 6 heteroatoms. The van der Waals surface area contributed by atoms with Crippen LogP contribution in [0.15, 0.2) is 0 Å². The predicted octanol–water partition coefficient (Wildman–Crippen LogP) is 1.80. The van der Waals surface area contributed by atoms with Gasteiger partial charge in [0.1, 0.15) is 0 Å². The molecule has 1 rings (SSSR count). The first-order valence-electron chi connectivity index (χ1n) is 6.62. The maximum Gasteiger partial charge on any atom is 0.239 e. The summed E-state index contributed by atoms with van der Waals surface area (Å²) in [6, 6.07) is 0.597. The molecule has 1 saturated heterocycles. The monoisotopic (exact) mass is 313 g/mol. The number of carbonyl (C=O) groups is 1. The highest BCUT2D eigenvalue weighted by atomic mass is 35.5. The van der Waals surface area contributed by atoms with Crippen LogP contribution in [0, 0.1) is 5.92 Å². The molecule has 0 aromatic carbocycles. The standard InChI is InChI=1S/C13H27N3O.2ClH/c1-10(2)16-7-5-6-11(9-16)8-15-12(17)13(3,4)14;;/h10-11H,5-9,14H2,1-4H3,(H,15,17);2*1H. The van der Waals surface area contributed by atoms with Crippen molar-refractivity contribution in [3.05, 3.63) is 0 Å². The first-order valence-corrected chi connectivity index (χ1v) is 6.62. The van der Waals surface area contributed by atoms with Gasteiger partial charge in [-0.2, -0.15) is 0 Å². The van der Waals surface area contributed by atoms with Gasteiger partial charge in [0.2, 0.25) is 5.91 Å². The third-order valence-corrected chi connectivity index (χ3v) is 3.42. The molecule has 1 aliphatic heterocycles. The normalized spacial score (nSPS) is 20.4. The molecule has 0 aromatic heterocycles. The van der Waals surface area contributed by atoms with Crippen LogP contribution in [0.4, 0.5) is 0 Å². The number of hydrogen-bond donors (Lipinski definition) is 2. The quantitative estimate of drug-likeness (QED) is 0.832. The van der Waals surface area contributed by atoms with E-state index in [1.807, 2.05) is 0 Å². The molecule has 0 saturated carbocycles. The first-order chi connectivity index (χ1) is 7.80. The van der Waals surface area contributed by atoms with Crippen molar-refractivity contribution in [1.29, 1.82) is 0 Å². The molecule has 1 fully saturated rings. The van der Waals surface area contributed by atoms with Crippen molar-refractivity contribution >= 4 is 30.7 Å². The lowest BCUT2D eigenvalue weighted by molar-refractivity contribution is -0.125. The molecule has 116 valence electrons. The maximum atomic E-state index is 11.7. The molecule has 4 nitrogen and oxygen atoms in total. The molecule has 1 amide bonds. The zero-order valence-corrected chi connectivity index (χ0v) is 14.1. The Balaban J connectivity index is 0. The Kier molecular flexibility index (Phi) is 10.1. The largest absolute Gasteiger partial charge is 0.354 e. The van der Waals surface area contributed by atoms with Gasteiger partial charge < -0.3 is 16.0 Å². The van der Waals surface area contributed by atoms with Crippen molar-refractivity contribution in [3.63, 3.8) is 0 Å². The smallest absolute Gasteiger partial charge is 0.239 e. The van der Waals surface area contributed by atoms with Crippen LogP contribution in [-0.4, -0.2) is 42.0 Å². The van der Waals surface area contributed by atoms with Gasteiger partial charge in [-0.1, -0.05) is 0 Å². The first kappa shape index (κ1) is 21.3. The Morgan fingerprint density at radius 3 is 2.47 bits per heavy atom. The van der Waals surface area contributed by atoms with Gasteiger partial charge >= 0.3 is 0 Å². The average Bonchev–Trinajstić information content (AvgIpc) is 2.25. The number of piperidine rings is 1. The molecule has 19 heavy (non-hydrogen) atoms. The highest BCUT2D eigenvalue weighted by Gasteiger charge is 2.25. The second kappa shape index (κ2) is 9.01. The van der Waals surface area contributed by atoms with Gasteiger partial charge in [-0.3, -0.25) is 4.79 Å². The number of halogens is 2. The van der Waals surface area contributed by atoms with Crippen molar-refractivity contribution in [2.24, 2.45) is 11.7 Å². The molecule has 1 aliphatic rings. The van der Waals surface area contributed by atoms with E-state index in [1.54, 1.807) is 13.8 Å². The molecule has 1 atom stereocenters. The van der Waals surface area contributed by atoms with Gasteiger partial charge in [0.15, 0.2) is 0 Å². The summed E-state index contributed by atoms with van der Waals surface area (Å²) in [7, 11) is 0. The summed E-state index contributed by atoms with van der Waals surface area (Å²) in [4.78, 5) is 14.2. The van der Waals surface area contributed by atoms with E-state index in [0.29, 0.717) is 12.0 Å². The van der Waals surface area contributed by atoms with Crippen LogP contribution >= 0.6 is 24.8 Å². The third-order valence-electron chi connectivity index (χ3n) is 3.42. The van der Waals surface area contributed by atoms with Crippen LogP contribution in [0.3, 0.4) is 0 Å². The van der Waals surface area contributed by atoms with Crippen LogP contribution in [-0.2, 0) is 4.79 Å². The molecule has 0 aliphatic carbocycles. The fourth-order valence-electron chi connectivity index (χ4n) is 2.20. The zero-order valence-electron chi connectivity index (χ0n) is 12.4. The van der Waals surface area contributed by atoms with Crippen molar-refractivity contribution in [3.8, 4) is 0 Å². The van der Waals surface area contributed by atoms with Gasteiger partial charge in [0.05, 0.1) is 5.54 Å². The number of nitrogens with two attached hydrogens (primary N) is 1. The van der Waals surface area contributed by atoms with E-state index in [2.05, 4.69) is 24.1 Å². The zero-order chi connectivity index (χ0) is 13.1. The van der Waals surface area contributed by atoms with Crippen LogP contribution in [0.2, 0.25) is 0 Å². The highest BCUT2D eigenvalue weighted by Crippen LogP contribution is 2.17. The number of nitrogens with one attached hydrogen (secondary N) is 1. The van der Waals surface area contributed by atoms with Crippen LogP contribution < -0.4 is 11.1 Å². The van der Waals surface area contributed by atoms with Gasteiger partial charge in [-0.15, -0.1) is 24.8 Å². The average molecular weight is 314 g/mol. The third kappa shape index (κ3) is 7.35. The van der Waals surface area contributed by atoms with Crippen molar-refractivity contribution < 1.29 is 4.79 Å². The van der Waals surface area contributed by atoms with Crippen LogP contribution in [0.1, 0.15) is 40.5 Å². The van der Waals surface area contributed by atoms with Gasteiger partial charge in [0.25, 0.3) is 0 Å². The minimum Gasteiger partial charge on any atom is -0.354 e. The summed E-state index contributed by atoms with van der Waals surface area (Å²) in [5, 5.41) is 2.96. The Morgan fingerprint density at radius 1 is 1.42 bits per heavy atom. The van der Waals surface area contributed by atoms with E-state index in [4.69, 9.17) is 5.73 Å². The van der Waals surface area contributed by atoms with Crippen LogP contribution in [0.25, 0.3) is 0 Å². The van der Waals surface area contributed by atoms with Gasteiger partial charge in [0, 0.05) is 19.1 Å². The van der Waals surface area contributed by atoms with Crippen molar-refractivity contribution in [2.75, 3.05) is 19.6 Å². The van der Waals surface area contributed by atoms with E-state index in [-0.39, 0.29) is 30.7 Å². The molecule has 0 bridgehead atoms. The summed E-state index contributed by atoms with van der Waals surface area (Å²) in [5.41, 5.74) is 4.98. The number of likely N-dealkylation sites (tertiary alicyclic amines) is 1. The number of rotatable bonds is 4. The lowest BCUT2D eigenvalue weighted by Crippen LogP contribution is -2.51. The molecule has 1 heterocycles. The van der Waals surface area contributed by atoms with E-state index < -0.39 is 5.54 Å². The molecule has 0 spiro atoms. The topological polar surface area (TPSA) is 58.4 Å². The number of nitrogens with zero attached hydrogens (tertiary/aromatic N) is 1. The van der Waals surface area contributed by atoms with Crippen molar-refractivity contribution in [1.82, 2.24) is 10.2 Å². The van der Waals surface area contributed by atoms with Crippen LogP contribution in [0.5, 0.6) is 0 Å². The Bertz CT molecular complexity index is 267. The molecular formula is C13H29Cl2N3O. The van der Waals surface area contributed by atoms with E-state index in [1.165, 1.54) is 19.4 Å². The molecule has 0 radical (unpaired) electrons. The Morgan fingerprint density at radius 2 is 2.00 bits per heavy atom. The SMILES string of the molecule is CC(C)N1CCCC(CNC(=O)C(C)(C)N)C1.Cl.Cl. The Labute approximate surface area is 129 Å². The minimum absolute atomic E-state index is 0. The minimum atomic E-state index is -0.771. The lowest BCUT2D eigenvalue weighted by Gasteiger charge is -2.35. The summed E-state index contributed by atoms with van der Waals surface area (Å²) >= 11 is 0. The molecule has 1 unspecified atom stereocenters. The highest BCUT2D eigenvalue weighted by molar-refractivity contribution is 5.85. The molecular weight excluding hydrogens is 285 g/mol. The second-order valence-electron chi connectivity index (χ2n) is 6.03. The fraction of sp³-hybridized carbons (Fsp3) is 0.923. The summed E-state index contributed by atoms with van der Waals surface area (Å²) < 4.78 is 0. The maximum absolute atomic E-state index is 11.7. The second-order valence-corrected chi connectivity index (χ2v) is 6.03. The van der Waals surface area contributed by atoms with E-state index >= 15 is 0 Å². The number of carbonyl (C=O) groups excluding carboxylic acids is 1. The lowest BCUT2D eigenvalue weighted by atomic mass is 9.96.